The number of rotatable bonds is 1. The molecule has 1 saturated heterocycles. The monoisotopic (exact) mass is 412 g/mol. The maximum atomic E-state index is 13.6. The van der Waals surface area contributed by atoms with E-state index in [9.17, 15) is 18.0 Å². The molecule has 10 heteroatoms. The molecule has 1 aromatic carbocycles. The lowest BCUT2D eigenvalue weighted by Gasteiger charge is -2.32. The molecular weight excluding hydrogens is 388 g/mol. The van der Waals surface area contributed by atoms with Gasteiger partial charge in [-0.1, -0.05) is 12.1 Å². The highest BCUT2D eigenvalue weighted by atomic mass is 19.4. The summed E-state index contributed by atoms with van der Waals surface area (Å²) >= 11 is 0. The van der Waals surface area contributed by atoms with Crippen molar-refractivity contribution >= 4 is 29.6 Å². The topological polar surface area (TPSA) is 62.6 Å². The Kier molecular flexibility index (Phi) is 4.83. The first kappa shape index (κ1) is 21.6. The van der Waals surface area contributed by atoms with Gasteiger partial charge in [-0.25, -0.2) is 4.79 Å². The minimum absolute atomic E-state index is 0.00755. The average molecular weight is 412 g/mol. The van der Waals surface area contributed by atoms with E-state index in [0.717, 1.165) is 0 Å². The molecule has 0 radical (unpaired) electrons. The normalized spacial score (nSPS) is 19.0. The average Bonchev–Trinajstić information content (AvgIpc) is 3.00. The molecule has 0 amide bonds. The maximum absolute atomic E-state index is 13.6. The molecular formula is C19H24BF3N2O4. The van der Waals surface area contributed by atoms with Gasteiger partial charge in [0.2, 0.25) is 0 Å². The van der Waals surface area contributed by atoms with Crippen LogP contribution in [0.4, 0.5) is 18.0 Å². The molecule has 0 atom stereocenters. The summed E-state index contributed by atoms with van der Waals surface area (Å²) in [5.74, 6) is 0. The van der Waals surface area contributed by atoms with E-state index >= 15 is 0 Å². The highest BCUT2D eigenvalue weighted by Crippen LogP contribution is 2.38. The van der Waals surface area contributed by atoms with Crippen molar-refractivity contribution in [3.8, 4) is 0 Å². The molecule has 2 heterocycles. The van der Waals surface area contributed by atoms with Crippen LogP contribution in [0.15, 0.2) is 18.2 Å². The number of ether oxygens (including phenoxy) is 1. The van der Waals surface area contributed by atoms with Crippen LogP contribution in [-0.4, -0.2) is 39.8 Å². The molecule has 1 fully saturated rings. The van der Waals surface area contributed by atoms with E-state index in [1.807, 2.05) is 27.7 Å². The van der Waals surface area contributed by atoms with Crippen molar-refractivity contribution in [3.05, 3.63) is 23.9 Å². The standard InChI is InChI=1S/C19H24BF3N2O4/c1-16(2,3)27-15(26)25-13-9-8-11(10-12(13)14(24-25)19(21,22)23)20-28-17(4,5)18(6,7)29-20/h8-10H,1-7H3. The first-order valence-corrected chi connectivity index (χ1v) is 9.21. The molecule has 6 nitrogen and oxygen atoms in total. The van der Waals surface area contributed by atoms with Crippen LogP contribution in [0.2, 0.25) is 0 Å². The van der Waals surface area contributed by atoms with Crippen LogP contribution in [0.1, 0.15) is 54.2 Å². The summed E-state index contributed by atoms with van der Waals surface area (Å²) in [6.07, 6.45) is -5.73. The van der Waals surface area contributed by atoms with Gasteiger partial charge in [-0.2, -0.15) is 23.0 Å². The van der Waals surface area contributed by atoms with E-state index in [0.29, 0.717) is 10.1 Å². The van der Waals surface area contributed by atoms with Crippen LogP contribution in [0.5, 0.6) is 0 Å². The highest BCUT2D eigenvalue weighted by Gasteiger charge is 2.52. The predicted molar refractivity (Wildman–Crippen MR) is 102 cm³/mol. The van der Waals surface area contributed by atoms with Crippen molar-refractivity contribution in [2.45, 2.75) is 71.4 Å². The van der Waals surface area contributed by atoms with Crippen LogP contribution in [0.25, 0.3) is 10.9 Å². The molecule has 1 aromatic heterocycles. The Morgan fingerprint density at radius 1 is 1.10 bits per heavy atom. The van der Waals surface area contributed by atoms with E-state index in [4.69, 9.17) is 14.0 Å². The Balaban J connectivity index is 2.10. The Bertz CT molecular complexity index is 945. The lowest BCUT2D eigenvalue weighted by Crippen LogP contribution is -2.41. The fourth-order valence-corrected chi connectivity index (χ4v) is 2.92. The Hall–Kier alpha value is -2.07. The minimum Gasteiger partial charge on any atom is -0.442 e. The van der Waals surface area contributed by atoms with Crippen LogP contribution in [0, 0.1) is 0 Å². The van der Waals surface area contributed by atoms with E-state index in [2.05, 4.69) is 5.10 Å². The molecule has 0 saturated carbocycles. The highest BCUT2D eigenvalue weighted by molar-refractivity contribution is 6.62. The summed E-state index contributed by atoms with van der Waals surface area (Å²) in [6.45, 7) is 12.3. The predicted octanol–water partition coefficient (Wildman–Crippen LogP) is 4.14. The Labute approximate surface area is 167 Å². The van der Waals surface area contributed by atoms with Crippen molar-refractivity contribution in [2.24, 2.45) is 0 Å². The molecule has 0 aliphatic carbocycles. The van der Waals surface area contributed by atoms with Crippen molar-refractivity contribution in [2.75, 3.05) is 0 Å². The van der Waals surface area contributed by atoms with Crippen LogP contribution in [0.3, 0.4) is 0 Å². The summed E-state index contributed by atoms with van der Waals surface area (Å²) in [5, 5.41) is 3.28. The minimum atomic E-state index is -4.75. The van der Waals surface area contributed by atoms with Gasteiger partial charge in [0.25, 0.3) is 0 Å². The quantitative estimate of drug-likeness (QED) is 0.659. The lowest BCUT2D eigenvalue weighted by atomic mass is 9.78. The zero-order valence-electron chi connectivity index (χ0n) is 17.5. The third-order valence-corrected chi connectivity index (χ3v) is 5.06. The molecule has 0 spiro atoms. The smallest absolute Gasteiger partial charge is 0.442 e. The number of alkyl halides is 3. The zero-order valence-corrected chi connectivity index (χ0v) is 17.5. The molecule has 1 aliphatic heterocycles. The number of nitrogens with zero attached hydrogens (tertiary/aromatic N) is 2. The lowest BCUT2D eigenvalue weighted by molar-refractivity contribution is -0.140. The van der Waals surface area contributed by atoms with E-state index in [-0.39, 0.29) is 10.9 Å². The summed E-state index contributed by atoms with van der Waals surface area (Å²) in [7, 11) is -0.838. The molecule has 0 unspecified atom stereocenters. The number of fused-ring (bicyclic) bond motifs is 1. The summed E-state index contributed by atoms with van der Waals surface area (Å²) in [4.78, 5) is 12.4. The van der Waals surface area contributed by atoms with E-state index < -0.39 is 41.9 Å². The fourth-order valence-electron chi connectivity index (χ4n) is 2.92. The van der Waals surface area contributed by atoms with E-state index in [1.54, 1.807) is 26.8 Å². The Morgan fingerprint density at radius 2 is 1.66 bits per heavy atom. The molecule has 1 aliphatic rings. The van der Waals surface area contributed by atoms with Gasteiger partial charge in [-0.05, 0) is 60.0 Å². The molecule has 0 N–H and O–H groups in total. The van der Waals surface area contributed by atoms with Gasteiger partial charge in [-0.15, -0.1) is 0 Å². The van der Waals surface area contributed by atoms with Crippen molar-refractivity contribution in [3.63, 3.8) is 0 Å². The second kappa shape index (κ2) is 6.47. The third kappa shape index (κ3) is 4.00. The van der Waals surface area contributed by atoms with Gasteiger partial charge in [0.05, 0.1) is 16.7 Å². The number of hydrogen-bond acceptors (Lipinski definition) is 5. The summed E-state index contributed by atoms with van der Waals surface area (Å²) in [6, 6.07) is 4.25. The van der Waals surface area contributed by atoms with E-state index in [1.165, 1.54) is 12.1 Å². The number of aromatic nitrogens is 2. The molecule has 29 heavy (non-hydrogen) atoms. The molecule has 3 rings (SSSR count). The number of carbonyl (C=O) groups excluding carboxylic acids is 1. The molecule has 158 valence electrons. The Morgan fingerprint density at radius 3 is 2.14 bits per heavy atom. The second-order valence-corrected chi connectivity index (χ2v) is 9.10. The zero-order chi connectivity index (χ0) is 22.0. The van der Waals surface area contributed by atoms with Crippen LogP contribution in [-0.2, 0) is 20.2 Å². The van der Waals surface area contributed by atoms with Crippen LogP contribution < -0.4 is 5.46 Å². The fraction of sp³-hybridized carbons (Fsp3) is 0.579. The van der Waals surface area contributed by atoms with Gasteiger partial charge in [-0.3, -0.25) is 0 Å². The van der Waals surface area contributed by atoms with Gasteiger partial charge < -0.3 is 14.0 Å². The number of halogens is 3. The van der Waals surface area contributed by atoms with Crippen molar-refractivity contribution < 1.29 is 32.0 Å². The summed E-state index contributed by atoms with van der Waals surface area (Å²) in [5.41, 5.74) is -2.93. The van der Waals surface area contributed by atoms with Crippen molar-refractivity contribution in [1.82, 2.24) is 9.78 Å². The van der Waals surface area contributed by atoms with Crippen LogP contribution >= 0.6 is 0 Å². The number of benzene rings is 1. The van der Waals surface area contributed by atoms with Crippen molar-refractivity contribution in [1.29, 1.82) is 0 Å². The first-order valence-electron chi connectivity index (χ1n) is 9.21. The van der Waals surface area contributed by atoms with Gasteiger partial charge in [0.1, 0.15) is 5.60 Å². The molecule has 2 aromatic rings. The maximum Gasteiger partial charge on any atom is 0.494 e. The third-order valence-electron chi connectivity index (χ3n) is 5.06. The van der Waals surface area contributed by atoms with Gasteiger partial charge in [0, 0.05) is 5.39 Å². The largest absolute Gasteiger partial charge is 0.494 e. The summed E-state index contributed by atoms with van der Waals surface area (Å²) < 4.78 is 58.5. The second-order valence-electron chi connectivity index (χ2n) is 9.10. The van der Waals surface area contributed by atoms with Gasteiger partial charge in [0.15, 0.2) is 5.69 Å². The number of carbonyl (C=O) groups is 1. The number of hydrogen-bond donors (Lipinski definition) is 0. The van der Waals surface area contributed by atoms with Gasteiger partial charge >= 0.3 is 19.4 Å². The first-order chi connectivity index (χ1) is 13.0. The SMILES string of the molecule is CC(C)(C)OC(=O)n1nc(C(F)(F)F)c2cc(B3OC(C)(C)C(C)(C)O3)ccc21. The molecule has 0 bridgehead atoms.